The van der Waals surface area contributed by atoms with E-state index in [-0.39, 0.29) is 5.28 Å². The Bertz CT molecular complexity index is 490. The normalized spacial score (nSPS) is 10.3. The van der Waals surface area contributed by atoms with E-state index >= 15 is 0 Å². The predicted molar refractivity (Wildman–Crippen MR) is 68.1 cm³/mol. The smallest absolute Gasteiger partial charge is 0.224 e. The second-order valence-electron chi connectivity index (χ2n) is 3.82. The molecule has 0 atom stereocenters. The van der Waals surface area contributed by atoms with Crippen molar-refractivity contribution in [3.05, 3.63) is 46.6 Å². The molecule has 88 valence electrons. The van der Waals surface area contributed by atoms with E-state index in [4.69, 9.17) is 11.6 Å². The Balaban J connectivity index is 2.04. The summed E-state index contributed by atoms with van der Waals surface area (Å²) in [5.74, 6) is 0.725. The third-order valence-corrected chi connectivity index (χ3v) is 2.44. The quantitative estimate of drug-likeness (QED) is 0.849. The zero-order chi connectivity index (χ0) is 12.3. The van der Waals surface area contributed by atoms with Gasteiger partial charge in [0.2, 0.25) is 5.28 Å². The van der Waals surface area contributed by atoms with E-state index in [0.29, 0.717) is 6.54 Å². The number of hydrogen-bond acceptors (Lipinski definition) is 4. The minimum atomic E-state index is 0.259. The van der Waals surface area contributed by atoms with Crippen LogP contribution in [0.2, 0.25) is 5.28 Å². The first-order chi connectivity index (χ1) is 8.13. The van der Waals surface area contributed by atoms with Crippen molar-refractivity contribution in [1.82, 2.24) is 15.0 Å². The van der Waals surface area contributed by atoms with Crippen LogP contribution in [0.1, 0.15) is 17.0 Å². The topological polar surface area (TPSA) is 50.7 Å². The van der Waals surface area contributed by atoms with Crippen molar-refractivity contribution in [1.29, 1.82) is 0 Å². The summed E-state index contributed by atoms with van der Waals surface area (Å²) in [5, 5.41) is 3.45. The Morgan fingerprint density at radius 2 is 2.00 bits per heavy atom. The first-order valence-corrected chi connectivity index (χ1v) is 5.68. The molecule has 5 heteroatoms. The molecule has 0 radical (unpaired) electrons. The summed E-state index contributed by atoms with van der Waals surface area (Å²) in [7, 11) is 0. The van der Waals surface area contributed by atoms with Crippen molar-refractivity contribution in [2.24, 2.45) is 0 Å². The lowest BCUT2D eigenvalue weighted by Crippen LogP contribution is -2.03. The summed E-state index contributed by atoms with van der Waals surface area (Å²) >= 11 is 5.78. The van der Waals surface area contributed by atoms with Gasteiger partial charge in [-0.2, -0.15) is 0 Å². The highest BCUT2D eigenvalue weighted by Gasteiger charge is 2.00. The average Bonchev–Trinajstić information content (AvgIpc) is 2.27. The first-order valence-electron chi connectivity index (χ1n) is 5.30. The van der Waals surface area contributed by atoms with Crippen LogP contribution < -0.4 is 5.32 Å². The minimum absolute atomic E-state index is 0.259. The fourth-order valence-electron chi connectivity index (χ4n) is 1.42. The van der Waals surface area contributed by atoms with Crippen molar-refractivity contribution in [2.75, 3.05) is 5.32 Å². The molecular weight excluding hydrogens is 236 g/mol. The van der Waals surface area contributed by atoms with Crippen LogP contribution in [0, 0.1) is 13.8 Å². The number of aromatic nitrogens is 3. The summed E-state index contributed by atoms with van der Waals surface area (Å²) in [5.41, 5.74) is 2.95. The van der Waals surface area contributed by atoms with Crippen LogP contribution in [0.5, 0.6) is 0 Å². The van der Waals surface area contributed by atoms with Crippen LogP contribution in [0.15, 0.2) is 24.4 Å². The van der Waals surface area contributed by atoms with Crippen LogP contribution in [-0.4, -0.2) is 15.0 Å². The molecule has 17 heavy (non-hydrogen) atoms. The van der Waals surface area contributed by atoms with Gasteiger partial charge in [-0.3, -0.25) is 4.98 Å². The van der Waals surface area contributed by atoms with Gasteiger partial charge < -0.3 is 5.32 Å². The Kier molecular flexibility index (Phi) is 3.54. The molecule has 0 unspecified atom stereocenters. The third-order valence-electron chi connectivity index (χ3n) is 2.27. The molecule has 2 rings (SSSR count). The summed E-state index contributed by atoms with van der Waals surface area (Å²) in [6.07, 6.45) is 1.85. The SMILES string of the molecule is Cc1ccc(CNc2cc(C)nc(Cl)n2)cn1. The van der Waals surface area contributed by atoms with E-state index < -0.39 is 0 Å². The number of halogens is 1. The van der Waals surface area contributed by atoms with Gasteiger partial charge in [-0.05, 0) is 37.1 Å². The maximum absolute atomic E-state index is 5.78. The number of aryl methyl sites for hydroxylation is 2. The lowest BCUT2D eigenvalue weighted by Gasteiger charge is -2.06. The highest BCUT2D eigenvalue weighted by atomic mass is 35.5. The molecule has 4 nitrogen and oxygen atoms in total. The minimum Gasteiger partial charge on any atom is -0.366 e. The molecule has 0 amide bonds. The van der Waals surface area contributed by atoms with Gasteiger partial charge in [-0.25, -0.2) is 9.97 Å². The molecule has 2 aromatic heterocycles. The Labute approximate surface area is 105 Å². The van der Waals surface area contributed by atoms with Crippen molar-refractivity contribution < 1.29 is 0 Å². The van der Waals surface area contributed by atoms with Crippen LogP contribution in [0.3, 0.4) is 0 Å². The monoisotopic (exact) mass is 248 g/mol. The molecule has 2 heterocycles. The molecule has 0 saturated carbocycles. The molecule has 1 N–H and O–H groups in total. The molecule has 0 aromatic carbocycles. The van der Waals surface area contributed by atoms with Gasteiger partial charge >= 0.3 is 0 Å². The summed E-state index contributed by atoms with van der Waals surface area (Å²) in [6, 6.07) is 5.87. The summed E-state index contributed by atoms with van der Waals surface area (Å²) < 4.78 is 0. The standard InChI is InChI=1S/C12H13ClN4/c1-8-3-4-10(6-14-8)7-15-11-5-9(2)16-12(13)17-11/h3-6H,7H2,1-2H3,(H,15,16,17). The van der Waals surface area contributed by atoms with E-state index in [0.717, 1.165) is 22.8 Å². The highest BCUT2D eigenvalue weighted by Crippen LogP contribution is 2.11. The molecule has 0 saturated heterocycles. The number of pyridine rings is 1. The number of hydrogen-bond donors (Lipinski definition) is 1. The van der Waals surface area contributed by atoms with E-state index in [2.05, 4.69) is 20.3 Å². The van der Waals surface area contributed by atoms with E-state index in [9.17, 15) is 0 Å². The first kappa shape index (κ1) is 11.8. The van der Waals surface area contributed by atoms with Crippen molar-refractivity contribution in [3.8, 4) is 0 Å². The van der Waals surface area contributed by atoms with E-state index in [1.807, 2.05) is 38.2 Å². The molecule has 0 bridgehead atoms. The second-order valence-corrected chi connectivity index (χ2v) is 4.16. The van der Waals surface area contributed by atoms with Crippen LogP contribution in [0.4, 0.5) is 5.82 Å². The zero-order valence-corrected chi connectivity index (χ0v) is 10.5. The lowest BCUT2D eigenvalue weighted by molar-refractivity contribution is 1.04. The number of nitrogens with one attached hydrogen (secondary N) is 1. The molecule has 0 fully saturated rings. The Hall–Kier alpha value is -1.68. The van der Waals surface area contributed by atoms with Gasteiger partial charge in [0, 0.05) is 30.2 Å². The third kappa shape index (κ3) is 3.39. The van der Waals surface area contributed by atoms with Gasteiger partial charge in [-0.15, -0.1) is 0 Å². The Morgan fingerprint density at radius 1 is 1.18 bits per heavy atom. The van der Waals surface area contributed by atoms with E-state index in [1.165, 1.54) is 0 Å². The predicted octanol–water partition coefficient (Wildman–Crippen LogP) is 2.75. The molecule has 2 aromatic rings. The maximum atomic E-state index is 5.78. The van der Waals surface area contributed by atoms with Crippen molar-refractivity contribution in [2.45, 2.75) is 20.4 Å². The number of anilines is 1. The summed E-state index contributed by atoms with van der Waals surface area (Å²) in [6.45, 7) is 4.51. The van der Waals surface area contributed by atoms with Gasteiger partial charge in [-0.1, -0.05) is 6.07 Å². The fourth-order valence-corrected chi connectivity index (χ4v) is 1.64. The largest absolute Gasteiger partial charge is 0.366 e. The van der Waals surface area contributed by atoms with Crippen LogP contribution in [-0.2, 0) is 6.54 Å². The lowest BCUT2D eigenvalue weighted by atomic mass is 10.2. The molecule has 0 aliphatic carbocycles. The molecule has 0 spiro atoms. The van der Waals surface area contributed by atoms with Crippen LogP contribution >= 0.6 is 11.6 Å². The molecule has 0 aliphatic rings. The highest BCUT2D eigenvalue weighted by molar-refractivity contribution is 6.28. The Morgan fingerprint density at radius 3 is 2.65 bits per heavy atom. The van der Waals surface area contributed by atoms with E-state index in [1.54, 1.807) is 0 Å². The number of nitrogens with zero attached hydrogens (tertiary/aromatic N) is 3. The van der Waals surface area contributed by atoms with Crippen molar-refractivity contribution in [3.63, 3.8) is 0 Å². The van der Waals surface area contributed by atoms with Crippen LogP contribution in [0.25, 0.3) is 0 Å². The second kappa shape index (κ2) is 5.10. The number of rotatable bonds is 3. The average molecular weight is 249 g/mol. The maximum Gasteiger partial charge on any atom is 0.224 e. The fraction of sp³-hybridized carbons (Fsp3) is 0.250. The summed E-state index contributed by atoms with van der Waals surface area (Å²) in [4.78, 5) is 12.3. The molecule has 0 aliphatic heterocycles. The van der Waals surface area contributed by atoms with Gasteiger partial charge in [0.1, 0.15) is 5.82 Å². The zero-order valence-electron chi connectivity index (χ0n) is 9.74. The van der Waals surface area contributed by atoms with Crippen molar-refractivity contribution >= 4 is 17.4 Å². The van der Waals surface area contributed by atoms with Gasteiger partial charge in [0.05, 0.1) is 0 Å². The van der Waals surface area contributed by atoms with Gasteiger partial charge in [0.25, 0.3) is 0 Å². The van der Waals surface area contributed by atoms with Gasteiger partial charge in [0.15, 0.2) is 0 Å². The molecular formula is C12H13ClN4.